The molecule has 0 aliphatic rings. The molecule has 1 aromatic heterocycles. The number of aromatic nitrogens is 2. The number of primary amides is 1. The summed E-state index contributed by atoms with van der Waals surface area (Å²) in [6.07, 6.45) is 4.31. The molecule has 0 aliphatic heterocycles. The minimum Gasteiger partial charge on any atom is -0.508 e. The van der Waals surface area contributed by atoms with E-state index in [9.17, 15) is 34.2 Å². The van der Waals surface area contributed by atoms with Gasteiger partial charge in [-0.3, -0.25) is 19.2 Å². The summed E-state index contributed by atoms with van der Waals surface area (Å²) in [6, 6.07) is 0.976. The average Bonchev–Trinajstić information content (AvgIpc) is 3.39. The minimum atomic E-state index is -1.30. The highest BCUT2D eigenvalue weighted by molar-refractivity contribution is 7.98. The van der Waals surface area contributed by atoms with Crippen LogP contribution >= 0.6 is 11.8 Å². The number of hydrogen-bond donors (Lipinski definition) is 8. The van der Waals surface area contributed by atoms with Gasteiger partial charge in [0.15, 0.2) is 0 Å². The first-order chi connectivity index (χ1) is 18.5. The molecule has 4 amide bonds. The van der Waals surface area contributed by atoms with E-state index in [1.807, 2.05) is 6.26 Å². The zero-order valence-electron chi connectivity index (χ0n) is 21.3. The number of benzene rings is 1. The first kappa shape index (κ1) is 31.1. The van der Waals surface area contributed by atoms with Crippen molar-refractivity contribution in [2.75, 3.05) is 12.0 Å². The summed E-state index contributed by atoms with van der Waals surface area (Å²) >= 11 is 1.42. The van der Waals surface area contributed by atoms with E-state index >= 15 is 0 Å². The Bertz CT molecular complexity index is 1130. The number of carboxylic acid groups (broad SMARTS) is 1. The molecule has 0 saturated heterocycles. The predicted octanol–water partition coefficient (Wildman–Crippen LogP) is -1.60. The lowest BCUT2D eigenvalue weighted by Gasteiger charge is -2.25. The molecule has 0 radical (unpaired) electrons. The average molecular weight is 564 g/mol. The van der Waals surface area contributed by atoms with E-state index in [0.717, 1.165) is 0 Å². The maximum Gasteiger partial charge on any atom is 0.326 e. The van der Waals surface area contributed by atoms with Gasteiger partial charge in [0, 0.05) is 24.7 Å². The van der Waals surface area contributed by atoms with E-state index in [2.05, 4.69) is 25.9 Å². The Hall–Kier alpha value is -4.11. The van der Waals surface area contributed by atoms with E-state index in [1.54, 1.807) is 0 Å². The molecule has 39 heavy (non-hydrogen) atoms. The Balaban J connectivity index is 2.18. The van der Waals surface area contributed by atoms with E-state index in [4.69, 9.17) is 11.5 Å². The standard InChI is InChI=1S/C24H33N7O7S/c1-39-7-6-17(22(35)31-19(24(37)38)8-13-2-4-15(32)5-3-13)29-23(36)18(9-14-11-27-12-28-14)30-21(34)16(25)10-20(26)33/h2-5,11-12,16-19,32H,6-10,25H2,1H3,(H2,26,33)(H,27,28)(H,29,36)(H,30,34)(H,31,35)(H,37,38). The molecule has 4 atom stereocenters. The van der Waals surface area contributed by atoms with Crippen LogP contribution in [-0.4, -0.2) is 86.0 Å². The Morgan fingerprint density at radius 3 is 2.15 bits per heavy atom. The highest BCUT2D eigenvalue weighted by atomic mass is 32.2. The van der Waals surface area contributed by atoms with Gasteiger partial charge in [-0.05, 0) is 36.1 Å². The third kappa shape index (κ3) is 10.6. The highest BCUT2D eigenvalue weighted by Crippen LogP contribution is 2.12. The van der Waals surface area contributed by atoms with Crippen LogP contribution in [0.4, 0.5) is 0 Å². The topological polar surface area (TPSA) is 243 Å². The Kier molecular flexibility index (Phi) is 12.2. The zero-order valence-corrected chi connectivity index (χ0v) is 22.1. The van der Waals surface area contributed by atoms with Crippen LogP contribution < -0.4 is 27.4 Å². The van der Waals surface area contributed by atoms with Crippen molar-refractivity contribution >= 4 is 41.4 Å². The molecule has 2 rings (SSSR count). The summed E-state index contributed by atoms with van der Waals surface area (Å²) in [6.45, 7) is 0. The molecule has 212 valence electrons. The maximum atomic E-state index is 13.3. The van der Waals surface area contributed by atoms with Crippen molar-refractivity contribution in [1.82, 2.24) is 25.9 Å². The zero-order chi connectivity index (χ0) is 28.9. The molecule has 0 saturated carbocycles. The maximum absolute atomic E-state index is 13.3. The fraction of sp³-hybridized carbons (Fsp3) is 0.417. The van der Waals surface area contributed by atoms with Crippen LogP contribution in [0.5, 0.6) is 5.75 Å². The van der Waals surface area contributed by atoms with Gasteiger partial charge in [-0.25, -0.2) is 9.78 Å². The van der Waals surface area contributed by atoms with Crippen LogP contribution in [0.2, 0.25) is 0 Å². The number of H-pyrrole nitrogens is 1. The van der Waals surface area contributed by atoms with E-state index < -0.39 is 60.2 Å². The SMILES string of the molecule is CSCCC(NC(=O)C(Cc1cnc[nH]1)NC(=O)C(N)CC(N)=O)C(=O)NC(Cc1ccc(O)cc1)C(=O)O. The molecule has 2 aromatic rings. The van der Waals surface area contributed by atoms with Crippen LogP contribution in [-0.2, 0) is 36.8 Å². The Morgan fingerprint density at radius 2 is 1.59 bits per heavy atom. The monoisotopic (exact) mass is 563 g/mol. The smallest absolute Gasteiger partial charge is 0.326 e. The number of phenolic OH excluding ortho intramolecular Hbond substituents is 1. The van der Waals surface area contributed by atoms with Crippen LogP contribution in [0.3, 0.4) is 0 Å². The number of hydrogen-bond acceptors (Lipinski definition) is 9. The number of phenols is 1. The van der Waals surface area contributed by atoms with Gasteiger partial charge in [0.1, 0.15) is 23.9 Å². The molecule has 0 fully saturated rings. The number of imidazole rings is 1. The summed E-state index contributed by atoms with van der Waals surface area (Å²) in [7, 11) is 0. The molecule has 0 bridgehead atoms. The summed E-state index contributed by atoms with van der Waals surface area (Å²) < 4.78 is 0. The van der Waals surface area contributed by atoms with Crippen LogP contribution in [0.25, 0.3) is 0 Å². The highest BCUT2D eigenvalue weighted by Gasteiger charge is 2.31. The summed E-state index contributed by atoms with van der Waals surface area (Å²) in [5.41, 5.74) is 11.9. The van der Waals surface area contributed by atoms with E-state index in [-0.39, 0.29) is 25.0 Å². The lowest BCUT2D eigenvalue weighted by atomic mass is 10.0. The summed E-state index contributed by atoms with van der Waals surface area (Å²) in [5, 5.41) is 26.6. The predicted molar refractivity (Wildman–Crippen MR) is 142 cm³/mol. The summed E-state index contributed by atoms with van der Waals surface area (Å²) in [4.78, 5) is 68.6. The number of carbonyl (C=O) groups excluding carboxylic acids is 4. The van der Waals surface area contributed by atoms with Gasteiger partial charge in [0.05, 0.1) is 18.8 Å². The van der Waals surface area contributed by atoms with Crippen molar-refractivity contribution in [3.8, 4) is 5.75 Å². The van der Waals surface area contributed by atoms with Crippen LogP contribution in [0.1, 0.15) is 24.1 Å². The summed E-state index contributed by atoms with van der Waals surface area (Å²) in [5.74, 6) is -3.83. The second-order valence-corrected chi connectivity index (χ2v) is 9.72. The number of aromatic amines is 1. The fourth-order valence-corrected chi connectivity index (χ4v) is 4.00. The molecular weight excluding hydrogens is 530 g/mol. The van der Waals surface area contributed by atoms with Crippen molar-refractivity contribution < 1.29 is 34.2 Å². The van der Waals surface area contributed by atoms with Gasteiger partial charge < -0.3 is 42.6 Å². The Morgan fingerprint density at radius 1 is 0.974 bits per heavy atom. The van der Waals surface area contributed by atoms with Crippen molar-refractivity contribution in [3.63, 3.8) is 0 Å². The third-order valence-electron chi connectivity index (χ3n) is 5.60. The molecule has 0 spiro atoms. The van der Waals surface area contributed by atoms with Gasteiger partial charge in [-0.1, -0.05) is 12.1 Å². The van der Waals surface area contributed by atoms with Crippen LogP contribution in [0, 0.1) is 0 Å². The minimum absolute atomic E-state index is 0.0156. The number of thioether (sulfide) groups is 1. The number of aliphatic carboxylic acids is 1. The van der Waals surface area contributed by atoms with E-state index in [0.29, 0.717) is 17.0 Å². The van der Waals surface area contributed by atoms with Gasteiger partial charge in [0.25, 0.3) is 0 Å². The molecule has 1 heterocycles. The molecule has 15 heteroatoms. The molecule has 10 N–H and O–H groups in total. The number of carbonyl (C=O) groups is 5. The molecule has 14 nitrogen and oxygen atoms in total. The number of amides is 4. The fourth-order valence-electron chi connectivity index (χ4n) is 3.53. The van der Waals surface area contributed by atoms with Crippen LogP contribution in [0.15, 0.2) is 36.8 Å². The van der Waals surface area contributed by atoms with E-state index in [1.165, 1.54) is 48.6 Å². The van der Waals surface area contributed by atoms with Crippen molar-refractivity contribution in [1.29, 1.82) is 0 Å². The normalized spacial score (nSPS) is 13.9. The van der Waals surface area contributed by atoms with Crippen molar-refractivity contribution in [3.05, 3.63) is 48.0 Å². The number of rotatable bonds is 16. The first-order valence-electron chi connectivity index (χ1n) is 11.9. The first-order valence-corrected chi connectivity index (χ1v) is 13.3. The molecule has 0 aliphatic carbocycles. The number of nitrogens with two attached hydrogens (primary N) is 2. The van der Waals surface area contributed by atoms with Gasteiger partial charge >= 0.3 is 5.97 Å². The van der Waals surface area contributed by atoms with Gasteiger partial charge in [-0.15, -0.1) is 0 Å². The largest absolute Gasteiger partial charge is 0.508 e. The quantitative estimate of drug-likeness (QED) is 0.116. The molecule has 1 aromatic carbocycles. The van der Waals surface area contributed by atoms with Crippen molar-refractivity contribution in [2.45, 2.75) is 49.9 Å². The van der Waals surface area contributed by atoms with Crippen molar-refractivity contribution in [2.24, 2.45) is 11.5 Å². The van der Waals surface area contributed by atoms with Gasteiger partial charge in [-0.2, -0.15) is 11.8 Å². The number of nitrogens with zero attached hydrogens (tertiary/aromatic N) is 1. The molecule has 4 unspecified atom stereocenters. The number of carboxylic acids is 1. The van der Waals surface area contributed by atoms with Gasteiger partial charge in [0.2, 0.25) is 23.6 Å². The third-order valence-corrected chi connectivity index (χ3v) is 6.25. The Labute approximate surface area is 228 Å². The second-order valence-electron chi connectivity index (χ2n) is 8.73. The number of aromatic hydroxyl groups is 1. The lowest BCUT2D eigenvalue weighted by molar-refractivity contribution is -0.142. The molecular formula is C24H33N7O7S. The second kappa shape index (κ2) is 15.3. The lowest BCUT2D eigenvalue weighted by Crippen LogP contribution is -2.58. The number of nitrogens with one attached hydrogen (secondary N) is 4.